The molecule has 0 heterocycles. The number of alkyl halides is 1. The second kappa shape index (κ2) is 5.08. The first-order valence-electron chi connectivity index (χ1n) is 5.37. The van der Waals surface area contributed by atoms with Crippen LogP contribution < -0.4 is 0 Å². The fraction of sp³-hybridized carbons (Fsp3) is 0.385. The number of halogens is 1. The Balaban J connectivity index is 3.00. The standard InChI is InChI=1S/C13H15FO3/c1-4-17-12(16)11(15)9-6-5-7-10(8-9)13(2,3)14/h5-8H,4H2,1-3H3. The molecule has 92 valence electrons. The second-order valence-electron chi connectivity index (χ2n) is 4.10. The van der Waals surface area contributed by atoms with Gasteiger partial charge in [0.25, 0.3) is 5.78 Å². The molecule has 0 amide bonds. The van der Waals surface area contributed by atoms with E-state index in [-0.39, 0.29) is 12.2 Å². The normalized spacial score (nSPS) is 11.1. The number of Topliss-reactive ketones (excluding diaryl/α,β-unsaturated/α-hetero) is 1. The van der Waals surface area contributed by atoms with Gasteiger partial charge in [-0.25, -0.2) is 9.18 Å². The zero-order chi connectivity index (χ0) is 13.1. The predicted octanol–water partition coefficient (Wildman–Crippen LogP) is 2.64. The third-order valence-electron chi connectivity index (χ3n) is 2.27. The van der Waals surface area contributed by atoms with Gasteiger partial charge in [0.2, 0.25) is 0 Å². The summed E-state index contributed by atoms with van der Waals surface area (Å²) >= 11 is 0. The summed E-state index contributed by atoms with van der Waals surface area (Å²) in [6.07, 6.45) is 0. The van der Waals surface area contributed by atoms with Crippen molar-refractivity contribution >= 4 is 11.8 Å². The molecule has 0 atom stereocenters. The average molecular weight is 238 g/mol. The van der Waals surface area contributed by atoms with Crippen LogP contribution >= 0.6 is 0 Å². The van der Waals surface area contributed by atoms with Crippen LogP contribution in [-0.4, -0.2) is 18.4 Å². The fourth-order valence-electron chi connectivity index (χ4n) is 1.34. The Bertz CT molecular complexity index is 433. The minimum atomic E-state index is -1.55. The SMILES string of the molecule is CCOC(=O)C(=O)c1cccc(C(C)(C)F)c1. The minimum absolute atomic E-state index is 0.138. The first kappa shape index (κ1) is 13.4. The molecule has 4 heteroatoms. The van der Waals surface area contributed by atoms with Gasteiger partial charge in [0.1, 0.15) is 5.67 Å². The number of esters is 1. The lowest BCUT2D eigenvalue weighted by atomic mass is 9.97. The summed E-state index contributed by atoms with van der Waals surface area (Å²) in [6.45, 7) is 4.53. The summed E-state index contributed by atoms with van der Waals surface area (Å²) in [5, 5.41) is 0. The predicted molar refractivity (Wildman–Crippen MR) is 61.5 cm³/mol. The highest BCUT2D eigenvalue weighted by Gasteiger charge is 2.22. The zero-order valence-electron chi connectivity index (χ0n) is 10.1. The lowest BCUT2D eigenvalue weighted by Gasteiger charge is -2.15. The van der Waals surface area contributed by atoms with Crippen LogP contribution in [0.15, 0.2) is 24.3 Å². The van der Waals surface area contributed by atoms with Crippen molar-refractivity contribution in [2.45, 2.75) is 26.4 Å². The first-order valence-corrected chi connectivity index (χ1v) is 5.37. The van der Waals surface area contributed by atoms with Gasteiger partial charge < -0.3 is 4.74 Å². The van der Waals surface area contributed by atoms with Gasteiger partial charge in [0, 0.05) is 5.56 Å². The van der Waals surface area contributed by atoms with Crippen LogP contribution in [0.25, 0.3) is 0 Å². The van der Waals surface area contributed by atoms with Gasteiger partial charge in [-0.3, -0.25) is 4.79 Å². The highest BCUT2D eigenvalue weighted by Crippen LogP contribution is 2.25. The van der Waals surface area contributed by atoms with Gasteiger partial charge in [0.05, 0.1) is 6.61 Å². The van der Waals surface area contributed by atoms with Crippen LogP contribution in [0, 0.1) is 0 Å². The highest BCUT2D eigenvalue weighted by atomic mass is 19.1. The fourth-order valence-corrected chi connectivity index (χ4v) is 1.34. The van der Waals surface area contributed by atoms with Crippen LogP contribution in [0.2, 0.25) is 0 Å². The van der Waals surface area contributed by atoms with Crippen LogP contribution in [0.5, 0.6) is 0 Å². The topological polar surface area (TPSA) is 43.4 Å². The van der Waals surface area contributed by atoms with Gasteiger partial charge in [-0.1, -0.05) is 18.2 Å². The summed E-state index contributed by atoms with van der Waals surface area (Å²) in [6, 6.07) is 5.96. The van der Waals surface area contributed by atoms with Crippen molar-refractivity contribution in [2.75, 3.05) is 6.61 Å². The molecular weight excluding hydrogens is 223 g/mol. The molecule has 0 aliphatic rings. The monoisotopic (exact) mass is 238 g/mol. The number of ketones is 1. The Morgan fingerprint density at radius 1 is 1.35 bits per heavy atom. The lowest BCUT2D eigenvalue weighted by molar-refractivity contribution is -0.137. The Labute approximate surface area is 99.6 Å². The van der Waals surface area contributed by atoms with E-state index in [1.807, 2.05) is 0 Å². The number of carbonyl (C=O) groups excluding carboxylic acids is 2. The molecule has 0 fully saturated rings. The van der Waals surface area contributed by atoms with Gasteiger partial charge in [0.15, 0.2) is 0 Å². The van der Waals surface area contributed by atoms with Gasteiger partial charge in [-0.15, -0.1) is 0 Å². The molecule has 0 unspecified atom stereocenters. The van der Waals surface area contributed by atoms with Crippen molar-refractivity contribution in [3.05, 3.63) is 35.4 Å². The molecule has 3 nitrogen and oxygen atoms in total. The highest BCUT2D eigenvalue weighted by molar-refractivity contribution is 6.40. The van der Waals surface area contributed by atoms with E-state index in [0.717, 1.165) is 0 Å². The smallest absolute Gasteiger partial charge is 0.379 e. The summed E-state index contributed by atoms with van der Waals surface area (Å²) in [4.78, 5) is 22.9. The van der Waals surface area contributed by atoms with Crippen molar-refractivity contribution in [1.29, 1.82) is 0 Å². The van der Waals surface area contributed by atoms with Gasteiger partial charge in [-0.2, -0.15) is 0 Å². The van der Waals surface area contributed by atoms with E-state index in [1.54, 1.807) is 19.1 Å². The van der Waals surface area contributed by atoms with E-state index in [0.29, 0.717) is 5.56 Å². The third kappa shape index (κ3) is 3.37. The maximum Gasteiger partial charge on any atom is 0.379 e. The van der Waals surface area contributed by atoms with Crippen molar-refractivity contribution in [1.82, 2.24) is 0 Å². The van der Waals surface area contributed by atoms with E-state index in [1.165, 1.54) is 26.0 Å². The van der Waals surface area contributed by atoms with E-state index in [9.17, 15) is 14.0 Å². The molecule has 0 aromatic heterocycles. The Kier molecular flexibility index (Phi) is 3.99. The lowest BCUT2D eigenvalue weighted by Crippen LogP contribution is -2.18. The molecule has 1 rings (SSSR count). The molecule has 0 radical (unpaired) electrons. The zero-order valence-corrected chi connectivity index (χ0v) is 10.1. The largest absolute Gasteiger partial charge is 0.460 e. The Morgan fingerprint density at radius 3 is 2.53 bits per heavy atom. The van der Waals surface area contributed by atoms with Crippen LogP contribution in [0.4, 0.5) is 4.39 Å². The molecule has 0 spiro atoms. The molecule has 0 saturated carbocycles. The molecular formula is C13H15FO3. The van der Waals surface area contributed by atoms with Crippen molar-refractivity contribution in [2.24, 2.45) is 0 Å². The number of rotatable bonds is 4. The van der Waals surface area contributed by atoms with Crippen LogP contribution in [0.3, 0.4) is 0 Å². The molecule has 17 heavy (non-hydrogen) atoms. The summed E-state index contributed by atoms with van der Waals surface area (Å²) in [5.74, 6) is -1.67. The number of hydrogen-bond acceptors (Lipinski definition) is 3. The molecule has 0 bridgehead atoms. The molecule has 0 aliphatic heterocycles. The Morgan fingerprint density at radius 2 is 2.00 bits per heavy atom. The molecule has 0 aliphatic carbocycles. The summed E-state index contributed by atoms with van der Waals surface area (Å²) in [5.41, 5.74) is -1.05. The second-order valence-corrected chi connectivity index (χ2v) is 4.10. The summed E-state index contributed by atoms with van der Waals surface area (Å²) in [7, 11) is 0. The van der Waals surface area contributed by atoms with Crippen molar-refractivity contribution < 1.29 is 18.7 Å². The minimum Gasteiger partial charge on any atom is -0.460 e. The average Bonchev–Trinajstić information content (AvgIpc) is 2.27. The van der Waals surface area contributed by atoms with Crippen molar-refractivity contribution in [3.63, 3.8) is 0 Å². The maximum absolute atomic E-state index is 13.7. The van der Waals surface area contributed by atoms with Crippen LogP contribution in [0.1, 0.15) is 36.7 Å². The van der Waals surface area contributed by atoms with Gasteiger partial charge >= 0.3 is 5.97 Å². The number of benzene rings is 1. The number of hydrogen-bond donors (Lipinski definition) is 0. The van der Waals surface area contributed by atoms with E-state index >= 15 is 0 Å². The molecule has 0 N–H and O–H groups in total. The molecule has 1 aromatic rings. The van der Waals surface area contributed by atoms with E-state index in [4.69, 9.17) is 0 Å². The Hall–Kier alpha value is -1.71. The summed E-state index contributed by atoms with van der Waals surface area (Å²) < 4.78 is 18.3. The molecule has 1 aromatic carbocycles. The van der Waals surface area contributed by atoms with Crippen LogP contribution in [-0.2, 0) is 15.2 Å². The maximum atomic E-state index is 13.7. The number of carbonyl (C=O) groups is 2. The molecule has 0 saturated heterocycles. The third-order valence-corrected chi connectivity index (χ3v) is 2.27. The first-order chi connectivity index (χ1) is 7.86. The van der Waals surface area contributed by atoms with E-state index in [2.05, 4.69) is 4.74 Å². The quantitative estimate of drug-likeness (QED) is 0.460. The number of ether oxygens (including phenoxy) is 1. The van der Waals surface area contributed by atoms with E-state index < -0.39 is 17.4 Å². The van der Waals surface area contributed by atoms with Gasteiger partial charge in [-0.05, 0) is 32.4 Å². The van der Waals surface area contributed by atoms with Crippen molar-refractivity contribution in [3.8, 4) is 0 Å².